The molecule has 15 heavy (non-hydrogen) atoms. The fourth-order valence-electron chi connectivity index (χ4n) is 0.829. The van der Waals surface area contributed by atoms with Crippen molar-refractivity contribution in [1.29, 1.82) is 0 Å². The van der Waals surface area contributed by atoms with Gasteiger partial charge in [-0.3, -0.25) is 9.59 Å². The lowest BCUT2D eigenvalue weighted by atomic mass is 9.97. The van der Waals surface area contributed by atoms with Gasteiger partial charge in [0.25, 0.3) is 0 Å². The molecule has 0 fully saturated rings. The van der Waals surface area contributed by atoms with Crippen LogP contribution in [0.25, 0.3) is 0 Å². The maximum absolute atomic E-state index is 11.5. The standard InChI is InChI=1S/C12H22O3/c1-7(2)9(5)11(13)15-12(14)10(6)8(3)4/h7-10H,1-6H3. The van der Waals surface area contributed by atoms with Crippen LogP contribution in [-0.2, 0) is 14.3 Å². The predicted molar refractivity (Wildman–Crippen MR) is 59.1 cm³/mol. The van der Waals surface area contributed by atoms with Crippen LogP contribution in [-0.4, -0.2) is 11.9 Å². The van der Waals surface area contributed by atoms with Crippen molar-refractivity contribution in [2.24, 2.45) is 23.7 Å². The van der Waals surface area contributed by atoms with Crippen LogP contribution in [0.1, 0.15) is 41.5 Å². The fourth-order valence-corrected chi connectivity index (χ4v) is 0.829. The number of carbonyl (C=O) groups excluding carboxylic acids is 2. The molecule has 88 valence electrons. The van der Waals surface area contributed by atoms with Crippen molar-refractivity contribution in [2.75, 3.05) is 0 Å². The topological polar surface area (TPSA) is 43.4 Å². The second-order valence-corrected chi connectivity index (χ2v) is 4.81. The minimum Gasteiger partial charge on any atom is -0.393 e. The van der Waals surface area contributed by atoms with Gasteiger partial charge < -0.3 is 4.74 Å². The molecule has 0 amide bonds. The Bertz CT molecular complexity index is 207. The van der Waals surface area contributed by atoms with Gasteiger partial charge >= 0.3 is 11.9 Å². The van der Waals surface area contributed by atoms with E-state index >= 15 is 0 Å². The number of carbonyl (C=O) groups is 2. The first-order chi connectivity index (χ1) is 6.77. The predicted octanol–water partition coefficient (Wildman–Crippen LogP) is 2.64. The van der Waals surface area contributed by atoms with Crippen LogP contribution in [0, 0.1) is 23.7 Å². The van der Waals surface area contributed by atoms with E-state index in [0.29, 0.717) is 0 Å². The highest BCUT2D eigenvalue weighted by Crippen LogP contribution is 2.15. The van der Waals surface area contributed by atoms with E-state index in [2.05, 4.69) is 0 Å². The summed E-state index contributed by atoms with van der Waals surface area (Å²) < 4.78 is 4.82. The molecule has 0 bridgehead atoms. The normalized spacial score (nSPS) is 15.2. The van der Waals surface area contributed by atoms with Gasteiger partial charge in [-0.25, -0.2) is 0 Å². The minimum absolute atomic E-state index is 0.194. The lowest BCUT2D eigenvalue weighted by Crippen LogP contribution is -2.27. The van der Waals surface area contributed by atoms with Crippen LogP contribution >= 0.6 is 0 Å². The summed E-state index contributed by atoms with van der Waals surface area (Å²) in [6.07, 6.45) is 0. The zero-order valence-electron chi connectivity index (χ0n) is 10.5. The van der Waals surface area contributed by atoms with E-state index < -0.39 is 11.9 Å². The van der Waals surface area contributed by atoms with Gasteiger partial charge in [0.1, 0.15) is 0 Å². The lowest BCUT2D eigenvalue weighted by molar-refractivity contribution is -0.166. The molecule has 2 unspecified atom stereocenters. The molecule has 3 nitrogen and oxygen atoms in total. The molecule has 0 heterocycles. The van der Waals surface area contributed by atoms with E-state index in [1.165, 1.54) is 0 Å². The zero-order valence-corrected chi connectivity index (χ0v) is 10.5. The summed E-state index contributed by atoms with van der Waals surface area (Å²) in [5.41, 5.74) is 0. The van der Waals surface area contributed by atoms with Crippen LogP contribution in [0.4, 0.5) is 0 Å². The SMILES string of the molecule is CC(C)C(C)C(=O)OC(=O)C(C)C(C)C. The maximum atomic E-state index is 11.5. The van der Waals surface area contributed by atoms with Gasteiger partial charge in [-0.05, 0) is 11.8 Å². The molecule has 0 spiro atoms. The zero-order chi connectivity index (χ0) is 12.2. The molecule has 0 aliphatic carbocycles. The summed E-state index contributed by atoms with van der Waals surface area (Å²) in [5, 5.41) is 0. The van der Waals surface area contributed by atoms with E-state index in [1.54, 1.807) is 13.8 Å². The molecule has 0 saturated heterocycles. The van der Waals surface area contributed by atoms with Crippen molar-refractivity contribution in [3.8, 4) is 0 Å². The van der Waals surface area contributed by atoms with E-state index in [9.17, 15) is 9.59 Å². The Morgan fingerprint density at radius 2 is 1.00 bits per heavy atom. The molecule has 0 aromatic carbocycles. The number of rotatable bonds is 4. The highest BCUT2D eigenvalue weighted by Gasteiger charge is 2.25. The Labute approximate surface area is 92.2 Å². The van der Waals surface area contributed by atoms with Crippen LogP contribution in [0.5, 0.6) is 0 Å². The molecule has 0 radical (unpaired) electrons. The van der Waals surface area contributed by atoms with Crippen LogP contribution < -0.4 is 0 Å². The first kappa shape index (κ1) is 14.1. The van der Waals surface area contributed by atoms with Gasteiger partial charge in [0.2, 0.25) is 0 Å². The van der Waals surface area contributed by atoms with Crippen molar-refractivity contribution < 1.29 is 14.3 Å². The third-order valence-corrected chi connectivity index (χ3v) is 2.94. The molecular formula is C12H22O3. The largest absolute Gasteiger partial charge is 0.393 e. The summed E-state index contributed by atoms with van der Waals surface area (Å²) in [6, 6.07) is 0. The number of hydrogen-bond acceptors (Lipinski definition) is 3. The third-order valence-electron chi connectivity index (χ3n) is 2.94. The molecule has 0 rings (SSSR count). The minimum atomic E-state index is -0.414. The van der Waals surface area contributed by atoms with E-state index in [0.717, 1.165) is 0 Å². The van der Waals surface area contributed by atoms with Crippen molar-refractivity contribution >= 4 is 11.9 Å². The quantitative estimate of drug-likeness (QED) is 0.533. The average molecular weight is 214 g/mol. The summed E-state index contributed by atoms with van der Waals surface area (Å²) in [4.78, 5) is 23.0. The van der Waals surface area contributed by atoms with Gasteiger partial charge in [0.05, 0.1) is 11.8 Å². The number of hydrogen-bond donors (Lipinski definition) is 0. The molecule has 0 aromatic heterocycles. The van der Waals surface area contributed by atoms with Crippen LogP contribution in [0.15, 0.2) is 0 Å². The Morgan fingerprint density at radius 3 is 1.20 bits per heavy atom. The first-order valence-corrected chi connectivity index (χ1v) is 5.52. The highest BCUT2D eigenvalue weighted by molar-refractivity contribution is 5.87. The monoisotopic (exact) mass is 214 g/mol. The number of ether oxygens (including phenoxy) is 1. The smallest absolute Gasteiger partial charge is 0.316 e. The van der Waals surface area contributed by atoms with Gasteiger partial charge in [-0.2, -0.15) is 0 Å². The molecular weight excluding hydrogens is 192 g/mol. The fraction of sp³-hybridized carbons (Fsp3) is 0.833. The van der Waals surface area contributed by atoms with Gasteiger partial charge in [0.15, 0.2) is 0 Å². The molecule has 3 heteroatoms. The van der Waals surface area contributed by atoms with Crippen molar-refractivity contribution in [2.45, 2.75) is 41.5 Å². The van der Waals surface area contributed by atoms with Crippen molar-refractivity contribution in [3.05, 3.63) is 0 Å². The highest BCUT2D eigenvalue weighted by atomic mass is 16.6. The summed E-state index contributed by atoms with van der Waals surface area (Å²) >= 11 is 0. The summed E-state index contributed by atoms with van der Waals surface area (Å²) in [5.74, 6) is -0.897. The molecule has 0 aliphatic rings. The Kier molecular flexibility index (Phi) is 5.55. The van der Waals surface area contributed by atoms with E-state index in [-0.39, 0.29) is 23.7 Å². The average Bonchev–Trinajstić information content (AvgIpc) is 2.14. The lowest BCUT2D eigenvalue weighted by Gasteiger charge is -2.17. The molecule has 0 aliphatic heterocycles. The molecule has 0 saturated carbocycles. The molecule has 0 aromatic rings. The second-order valence-electron chi connectivity index (χ2n) is 4.81. The Hall–Kier alpha value is -0.860. The molecule has 2 atom stereocenters. The van der Waals surface area contributed by atoms with Crippen LogP contribution in [0.3, 0.4) is 0 Å². The Balaban J connectivity index is 4.25. The van der Waals surface area contributed by atoms with Gasteiger partial charge in [-0.1, -0.05) is 41.5 Å². The van der Waals surface area contributed by atoms with Crippen molar-refractivity contribution in [1.82, 2.24) is 0 Å². The van der Waals surface area contributed by atoms with Crippen molar-refractivity contribution in [3.63, 3.8) is 0 Å². The third kappa shape index (κ3) is 4.45. The number of esters is 2. The first-order valence-electron chi connectivity index (χ1n) is 5.52. The summed E-state index contributed by atoms with van der Waals surface area (Å²) in [6.45, 7) is 11.3. The van der Waals surface area contributed by atoms with E-state index in [1.807, 2.05) is 27.7 Å². The summed E-state index contributed by atoms with van der Waals surface area (Å²) in [7, 11) is 0. The maximum Gasteiger partial charge on any atom is 0.316 e. The van der Waals surface area contributed by atoms with E-state index in [4.69, 9.17) is 4.74 Å². The van der Waals surface area contributed by atoms with Crippen LogP contribution in [0.2, 0.25) is 0 Å². The Morgan fingerprint density at radius 1 is 0.733 bits per heavy atom. The van der Waals surface area contributed by atoms with Gasteiger partial charge in [-0.15, -0.1) is 0 Å². The van der Waals surface area contributed by atoms with Gasteiger partial charge in [0, 0.05) is 0 Å². The second kappa shape index (κ2) is 5.89. The molecule has 0 N–H and O–H groups in total.